The summed E-state index contributed by atoms with van der Waals surface area (Å²) in [4.78, 5) is 24.2. The highest BCUT2D eigenvalue weighted by Gasteiger charge is 2.23. The van der Waals surface area contributed by atoms with Gasteiger partial charge in [0.25, 0.3) is 0 Å². The first-order valence-corrected chi connectivity index (χ1v) is 6.96. The monoisotopic (exact) mass is 276 g/mol. The van der Waals surface area contributed by atoms with Crippen LogP contribution in [0.25, 0.3) is 0 Å². The van der Waals surface area contributed by atoms with Crippen LogP contribution in [0.1, 0.15) is 25.7 Å². The van der Waals surface area contributed by atoms with Crippen LogP contribution in [0.4, 0.5) is 5.69 Å². The van der Waals surface area contributed by atoms with Crippen molar-refractivity contribution >= 4 is 17.6 Å². The number of carbonyl (C=O) groups excluding carboxylic acids is 1. The second-order valence-electron chi connectivity index (χ2n) is 5.08. The molecule has 0 saturated carbocycles. The summed E-state index contributed by atoms with van der Waals surface area (Å²) in [5.41, 5.74) is 1.05. The molecule has 1 atom stereocenters. The number of carboxylic acid groups (broad SMARTS) is 1. The third-order valence-electron chi connectivity index (χ3n) is 3.47. The molecule has 5 heteroatoms. The van der Waals surface area contributed by atoms with E-state index in [4.69, 9.17) is 5.11 Å². The number of likely N-dealkylation sites (tertiary alicyclic amines) is 1. The maximum absolute atomic E-state index is 11.9. The van der Waals surface area contributed by atoms with Gasteiger partial charge >= 0.3 is 5.97 Å². The fourth-order valence-corrected chi connectivity index (χ4v) is 2.46. The van der Waals surface area contributed by atoms with Gasteiger partial charge in [-0.2, -0.15) is 0 Å². The van der Waals surface area contributed by atoms with Gasteiger partial charge < -0.3 is 15.3 Å². The summed E-state index contributed by atoms with van der Waals surface area (Å²) in [5.74, 6) is -0.985. The number of carbonyl (C=O) groups is 2. The number of rotatable bonds is 5. The summed E-state index contributed by atoms with van der Waals surface area (Å²) in [7, 11) is 0. The van der Waals surface area contributed by atoms with Gasteiger partial charge in [0.05, 0.1) is 6.42 Å². The Hall–Kier alpha value is -2.04. The lowest BCUT2D eigenvalue weighted by Crippen LogP contribution is -2.45. The standard InChI is InChI=1S/C15H20N2O3/c18-14(8-9-15(19)20)17-10-4-7-13(11-17)16-12-5-2-1-3-6-12/h1-3,5-6,13,16H,4,7-11H2,(H,19,20). The van der Waals surface area contributed by atoms with Gasteiger partial charge in [0.15, 0.2) is 0 Å². The summed E-state index contributed by atoms with van der Waals surface area (Å²) in [6.45, 7) is 1.37. The van der Waals surface area contributed by atoms with E-state index in [-0.39, 0.29) is 24.8 Å². The van der Waals surface area contributed by atoms with Crippen LogP contribution >= 0.6 is 0 Å². The largest absolute Gasteiger partial charge is 0.481 e. The van der Waals surface area contributed by atoms with Crippen molar-refractivity contribution in [3.8, 4) is 0 Å². The zero-order valence-electron chi connectivity index (χ0n) is 11.4. The number of benzene rings is 1. The van der Waals surface area contributed by atoms with Crippen molar-refractivity contribution in [3.63, 3.8) is 0 Å². The molecule has 2 rings (SSSR count). The van der Waals surface area contributed by atoms with Crippen LogP contribution in [0.15, 0.2) is 30.3 Å². The summed E-state index contributed by atoms with van der Waals surface area (Å²) < 4.78 is 0. The first-order chi connectivity index (χ1) is 9.65. The Balaban J connectivity index is 1.85. The number of nitrogens with one attached hydrogen (secondary N) is 1. The topological polar surface area (TPSA) is 69.6 Å². The van der Waals surface area contributed by atoms with Crippen LogP contribution in [0.2, 0.25) is 0 Å². The van der Waals surface area contributed by atoms with Gasteiger partial charge in [0.1, 0.15) is 0 Å². The molecule has 1 aliphatic rings. The molecule has 1 unspecified atom stereocenters. The van der Waals surface area contributed by atoms with E-state index < -0.39 is 5.97 Å². The first-order valence-electron chi connectivity index (χ1n) is 6.96. The zero-order valence-corrected chi connectivity index (χ0v) is 11.4. The maximum atomic E-state index is 11.9. The van der Waals surface area contributed by atoms with E-state index in [2.05, 4.69) is 5.32 Å². The Morgan fingerprint density at radius 1 is 1.25 bits per heavy atom. The van der Waals surface area contributed by atoms with E-state index in [1.54, 1.807) is 4.90 Å². The highest BCUT2D eigenvalue weighted by atomic mass is 16.4. The van der Waals surface area contributed by atoms with Gasteiger partial charge in [0, 0.05) is 31.2 Å². The Kier molecular flexibility index (Phi) is 4.98. The van der Waals surface area contributed by atoms with Gasteiger partial charge in [-0.25, -0.2) is 0 Å². The van der Waals surface area contributed by atoms with E-state index in [0.717, 1.165) is 25.1 Å². The van der Waals surface area contributed by atoms with E-state index in [9.17, 15) is 9.59 Å². The Morgan fingerprint density at radius 2 is 2.00 bits per heavy atom. The van der Waals surface area contributed by atoms with E-state index in [1.807, 2.05) is 30.3 Å². The normalized spacial score (nSPS) is 18.6. The number of para-hydroxylation sites is 1. The average Bonchev–Trinajstić information content (AvgIpc) is 2.46. The molecule has 0 aliphatic carbocycles. The number of carboxylic acids is 1. The fourth-order valence-electron chi connectivity index (χ4n) is 2.46. The maximum Gasteiger partial charge on any atom is 0.303 e. The molecule has 20 heavy (non-hydrogen) atoms. The number of anilines is 1. The van der Waals surface area contributed by atoms with E-state index >= 15 is 0 Å². The second-order valence-corrected chi connectivity index (χ2v) is 5.08. The minimum Gasteiger partial charge on any atom is -0.481 e. The molecule has 2 N–H and O–H groups in total. The highest BCUT2D eigenvalue weighted by molar-refractivity contribution is 5.80. The molecule has 5 nitrogen and oxygen atoms in total. The third kappa shape index (κ3) is 4.26. The molecular weight excluding hydrogens is 256 g/mol. The van der Waals surface area contributed by atoms with Gasteiger partial charge in [-0.1, -0.05) is 18.2 Å². The lowest BCUT2D eigenvalue weighted by atomic mass is 10.0. The quantitative estimate of drug-likeness (QED) is 0.862. The third-order valence-corrected chi connectivity index (χ3v) is 3.47. The number of hydrogen-bond acceptors (Lipinski definition) is 3. The molecule has 0 bridgehead atoms. The fraction of sp³-hybridized carbons (Fsp3) is 0.467. The van der Waals surface area contributed by atoms with Crippen molar-refractivity contribution in [3.05, 3.63) is 30.3 Å². The Labute approximate surface area is 118 Å². The van der Waals surface area contributed by atoms with Gasteiger partial charge in [-0.3, -0.25) is 9.59 Å². The molecule has 0 spiro atoms. The number of aliphatic carboxylic acids is 1. The van der Waals surface area contributed by atoms with Gasteiger partial charge in [-0.15, -0.1) is 0 Å². The van der Waals surface area contributed by atoms with Crippen molar-refractivity contribution in [2.75, 3.05) is 18.4 Å². The SMILES string of the molecule is O=C(O)CCC(=O)N1CCCC(Nc2ccccc2)C1. The number of hydrogen-bond donors (Lipinski definition) is 2. The van der Waals surface area contributed by atoms with Crippen LogP contribution in [0, 0.1) is 0 Å². The minimum atomic E-state index is -0.922. The second kappa shape index (κ2) is 6.93. The average molecular weight is 276 g/mol. The van der Waals surface area contributed by atoms with Crippen molar-refractivity contribution in [2.45, 2.75) is 31.7 Å². The van der Waals surface area contributed by atoms with Crippen molar-refractivity contribution < 1.29 is 14.7 Å². The number of amides is 1. The predicted molar refractivity (Wildman–Crippen MR) is 76.5 cm³/mol. The van der Waals surface area contributed by atoms with Crippen LogP contribution < -0.4 is 5.32 Å². The Bertz CT molecular complexity index is 461. The number of piperidine rings is 1. The highest BCUT2D eigenvalue weighted by Crippen LogP contribution is 2.16. The smallest absolute Gasteiger partial charge is 0.303 e. The molecule has 1 saturated heterocycles. The molecule has 1 fully saturated rings. The first kappa shape index (κ1) is 14.4. The molecule has 1 aliphatic heterocycles. The van der Waals surface area contributed by atoms with Crippen LogP contribution in [0.5, 0.6) is 0 Å². The van der Waals surface area contributed by atoms with E-state index in [1.165, 1.54) is 0 Å². The summed E-state index contributed by atoms with van der Waals surface area (Å²) in [6.07, 6.45) is 1.97. The lowest BCUT2D eigenvalue weighted by molar-refractivity contribution is -0.141. The van der Waals surface area contributed by atoms with Crippen molar-refractivity contribution in [1.29, 1.82) is 0 Å². The molecule has 1 aromatic carbocycles. The van der Waals surface area contributed by atoms with Gasteiger partial charge in [-0.05, 0) is 25.0 Å². The van der Waals surface area contributed by atoms with Gasteiger partial charge in [0.2, 0.25) is 5.91 Å². The lowest BCUT2D eigenvalue weighted by Gasteiger charge is -2.33. The van der Waals surface area contributed by atoms with E-state index in [0.29, 0.717) is 6.54 Å². The Morgan fingerprint density at radius 3 is 2.70 bits per heavy atom. The molecule has 1 aromatic rings. The summed E-state index contributed by atoms with van der Waals surface area (Å²) >= 11 is 0. The summed E-state index contributed by atoms with van der Waals surface area (Å²) in [5, 5.41) is 12.0. The zero-order chi connectivity index (χ0) is 14.4. The minimum absolute atomic E-state index is 0.0630. The molecule has 108 valence electrons. The molecule has 0 aromatic heterocycles. The molecule has 1 amide bonds. The molecule has 0 radical (unpaired) electrons. The van der Waals surface area contributed by atoms with Crippen LogP contribution in [-0.2, 0) is 9.59 Å². The van der Waals surface area contributed by atoms with Crippen molar-refractivity contribution in [2.24, 2.45) is 0 Å². The van der Waals surface area contributed by atoms with Crippen LogP contribution in [-0.4, -0.2) is 41.0 Å². The predicted octanol–water partition coefficient (Wildman–Crippen LogP) is 1.95. The number of nitrogens with zero attached hydrogens (tertiary/aromatic N) is 1. The van der Waals surface area contributed by atoms with Crippen LogP contribution in [0.3, 0.4) is 0 Å². The molecule has 1 heterocycles. The summed E-state index contributed by atoms with van der Waals surface area (Å²) in [6, 6.07) is 10.2. The molecular formula is C15H20N2O3. The van der Waals surface area contributed by atoms with Crippen molar-refractivity contribution in [1.82, 2.24) is 4.90 Å².